The molecule has 1 saturated carbocycles. The lowest BCUT2D eigenvalue weighted by Gasteiger charge is -2.59. The van der Waals surface area contributed by atoms with Crippen molar-refractivity contribution in [2.24, 2.45) is 5.41 Å². The summed E-state index contributed by atoms with van der Waals surface area (Å²) < 4.78 is 46.4. The zero-order valence-corrected chi connectivity index (χ0v) is 18.8. The van der Waals surface area contributed by atoms with Gasteiger partial charge in [0.15, 0.2) is 5.82 Å². The predicted octanol–water partition coefficient (Wildman–Crippen LogP) is 5.20. The Morgan fingerprint density at radius 2 is 1.91 bits per heavy atom. The summed E-state index contributed by atoms with van der Waals surface area (Å²) in [4.78, 5) is 6.90. The maximum atomic E-state index is 14.7. The lowest BCUT2D eigenvalue weighted by Crippen LogP contribution is -2.64. The molecular weight excluding hydrogens is 431 g/mol. The second kappa shape index (κ2) is 8.13. The molecule has 2 aromatic heterocycles. The number of ether oxygens (including phenoxy) is 1. The largest absolute Gasteiger partial charge is 0.381 e. The molecule has 3 aromatic rings. The number of nitrogens with one attached hydrogen (secondary N) is 1. The third-order valence-corrected chi connectivity index (χ3v) is 6.96. The average molecular weight is 458 g/mol. The first-order chi connectivity index (χ1) is 15.8. The Kier molecular flexibility index (Phi) is 5.39. The maximum absolute atomic E-state index is 14.7. The van der Waals surface area contributed by atoms with E-state index in [0.29, 0.717) is 28.5 Å². The highest BCUT2D eigenvalue weighted by Crippen LogP contribution is 2.50. The fourth-order valence-corrected chi connectivity index (χ4v) is 5.06. The van der Waals surface area contributed by atoms with Crippen LogP contribution in [0.4, 0.5) is 24.7 Å². The van der Waals surface area contributed by atoms with Crippen molar-refractivity contribution in [3.8, 4) is 0 Å². The van der Waals surface area contributed by atoms with Crippen molar-refractivity contribution in [3.63, 3.8) is 0 Å². The summed E-state index contributed by atoms with van der Waals surface area (Å²) in [6, 6.07) is 5.46. The van der Waals surface area contributed by atoms with Crippen LogP contribution in [-0.2, 0) is 4.74 Å². The summed E-state index contributed by atoms with van der Waals surface area (Å²) in [5.74, 6) is -0.464. The summed E-state index contributed by atoms with van der Waals surface area (Å²) in [5, 5.41) is 12.4. The van der Waals surface area contributed by atoms with Gasteiger partial charge in [0.25, 0.3) is 6.43 Å². The van der Waals surface area contributed by atoms with Crippen LogP contribution in [0, 0.1) is 18.2 Å². The minimum absolute atomic E-state index is 0.148. The number of hydrogen-bond donors (Lipinski definition) is 1. The second-order valence-corrected chi connectivity index (χ2v) is 9.26. The van der Waals surface area contributed by atoms with E-state index >= 15 is 0 Å². The second-order valence-electron chi connectivity index (χ2n) is 9.26. The molecule has 5 rings (SSSR count). The lowest BCUT2D eigenvalue weighted by molar-refractivity contribution is -0.0731. The fraction of sp³-hybridized carbons (Fsp3) is 0.458. The summed E-state index contributed by atoms with van der Waals surface area (Å²) >= 11 is 0. The molecule has 0 amide bonds. The summed E-state index contributed by atoms with van der Waals surface area (Å²) in [5.41, 5.74) is 2.25. The van der Waals surface area contributed by atoms with Crippen LogP contribution in [0.15, 0.2) is 30.5 Å². The Morgan fingerprint density at radius 3 is 2.61 bits per heavy atom. The Balaban J connectivity index is 1.41. The number of rotatable bonds is 6. The molecule has 1 aliphatic carbocycles. The van der Waals surface area contributed by atoms with Gasteiger partial charge >= 0.3 is 0 Å². The van der Waals surface area contributed by atoms with E-state index < -0.39 is 23.8 Å². The van der Waals surface area contributed by atoms with E-state index in [-0.39, 0.29) is 5.56 Å². The molecule has 174 valence electrons. The molecule has 0 radical (unpaired) electrons. The molecule has 1 atom stereocenters. The zero-order valence-electron chi connectivity index (χ0n) is 18.8. The van der Waals surface area contributed by atoms with E-state index in [1.807, 2.05) is 19.2 Å². The Hall–Kier alpha value is -2.94. The monoisotopic (exact) mass is 457 g/mol. The molecule has 0 unspecified atom stereocenters. The number of benzene rings is 1. The first-order valence-corrected chi connectivity index (χ1v) is 11.0. The Bertz CT molecular complexity index is 1190. The van der Waals surface area contributed by atoms with Crippen molar-refractivity contribution < 1.29 is 17.9 Å². The van der Waals surface area contributed by atoms with Crippen LogP contribution in [0.3, 0.4) is 0 Å². The van der Waals surface area contributed by atoms with Gasteiger partial charge in [-0.15, -0.1) is 5.10 Å². The molecule has 1 aliphatic heterocycles. The number of hydrogen-bond acceptors (Lipinski definition) is 6. The third kappa shape index (κ3) is 3.78. The molecule has 6 nitrogen and oxygen atoms in total. The van der Waals surface area contributed by atoms with Crippen molar-refractivity contribution >= 4 is 22.4 Å². The number of pyridine rings is 1. The van der Waals surface area contributed by atoms with Gasteiger partial charge in [0, 0.05) is 36.6 Å². The summed E-state index contributed by atoms with van der Waals surface area (Å²) in [7, 11) is 1.76. The highest BCUT2D eigenvalue weighted by atomic mass is 19.3. The average Bonchev–Trinajstić information content (AvgIpc) is 2.74. The number of aromatic nitrogens is 3. The summed E-state index contributed by atoms with van der Waals surface area (Å²) in [6.07, 6.45) is 1.49. The minimum atomic E-state index is -2.88. The van der Waals surface area contributed by atoms with Crippen LogP contribution in [-0.4, -0.2) is 41.5 Å². The molecule has 33 heavy (non-hydrogen) atoms. The van der Waals surface area contributed by atoms with Gasteiger partial charge in [-0.25, -0.2) is 13.2 Å². The lowest BCUT2D eigenvalue weighted by atomic mass is 9.61. The Labute approximate surface area is 190 Å². The number of fused-ring (bicyclic) bond motifs is 1. The van der Waals surface area contributed by atoms with Crippen LogP contribution >= 0.6 is 0 Å². The molecule has 1 N–H and O–H groups in total. The van der Waals surface area contributed by atoms with Crippen LogP contribution < -0.4 is 10.2 Å². The molecule has 0 bridgehead atoms. The van der Waals surface area contributed by atoms with Gasteiger partial charge in [-0.05, 0) is 32.8 Å². The third-order valence-electron chi connectivity index (χ3n) is 6.96. The molecule has 1 aromatic carbocycles. The topological polar surface area (TPSA) is 63.2 Å². The van der Waals surface area contributed by atoms with Gasteiger partial charge in [0.05, 0.1) is 40.8 Å². The van der Waals surface area contributed by atoms with Gasteiger partial charge < -0.3 is 15.0 Å². The van der Waals surface area contributed by atoms with Crippen molar-refractivity contribution in [2.75, 3.05) is 30.4 Å². The molecule has 1 saturated heterocycles. The molecule has 1 spiro atoms. The van der Waals surface area contributed by atoms with E-state index in [2.05, 4.69) is 25.4 Å². The molecule has 3 heterocycles. The Morgan fingerprint density at radius 1 is 1.18 bits per heavy atom. The normalized spacial score (nSPS) is 18.5. The molecule has 2 aliphatic rings. The number of methoxy groups -OCH3 is 1. The summed E-state index contributed by atoms with van der Waals surface area (Å²) in [6.45, 7) is 5.46. The highest BCUT2D eigenvalue weighted by Gasteiger charge is 2.52. The van der Waals surface area contributed by atoms with Crippen molar-refractivity contribution in [3.05, 3.63) is 53.1 Å². The minimum Gasteiger partial charge on any atom is -0.381 e. The quantitative estimate of drug-likeness (QED) is 0.549. The van der Waals surface area contributed by atoms with E-state index in [0.717, 1.165) is 43.1 Å². The van der Waals surface area contributed by atoms with Gasteiger partial charge in [0.2, 0.25) is 0 Å². The first-order valence-electron chi connectivity index (χ1n) is 11.0. The molecular formula is C24H26F3N5O. The number of halogens is 3. The maximum Gasteiger partial charge on any atom is 0.266 e. The van der Waals surface area contributed by atoms with Crippen LogP contribution in [0.25, 0.3) is 10.9 Å². The predicted molar refractivity (Wildman–Crippen MR) is 120 cm³/mol. The number of nitrogens with zero attached hydrogens (tertiary/aromatic N) is 4. The number of anilines is 2. The molecule has 9 heteroatoms. The van der Waals surface area contributed by atoms with E-state index in [1.165, 1.54) is 12.1 Å². The van der Waals surface area contributed by atoms with Gasteiger partial charge in [-0.1, -0.05) is 18.2 Å². The van der Waals surface area contributed by atoms with Crippen molar-refractivity contribution in [1.29, 1.82) is 0 Å². The highest BCUT2D eigenvalue weighted by molar-refractivity contribution is 5.92. The van der Waals surface area contributed by atoms with Crippen molar-refractivity contribution in [1.82, 2.24) is 15.2 Å². The standard InChI is InChI=1S/C24H26F3N5O/c1-13(17-5-4-6-18(20(17)25)22(26)27)29-23-19-7-15(10-28-21(19)14(2)30-31-23)32-11-24(12-32)8-16(9-24)33-3/h4-7,10,13,16,22H,8-9,11-12H2,1-3H3,(H,29,31)/t13-/m1/s1. The van der Waals surface area contributed by atoms with Crippen molar-refractivity contribution in [2.45, 2.75) is 45.3 Å². The molecule has 2 fully saturated rings. The van der Waals surface area contributed by atoms with Crippen LogP contribution in [0.5, 0.6) is 0 Å². The SMILES string of the molecule is COC1CC2(C1)CN(c1cnc3c(C)nnc(N[C@H](C)c4cccc(C(F)F)c4F)c3c1)C2. The van der Waals surface area contributed by atoms with Gasteiger partial charge in [-0.3, -0.25) is 4.98 Å². The van der Waals surface area contributed by atoms with E-state index in [4.69, 9.17) is 4.74 Å². The van der Waals surface area contributed by atoms with Crippen LogP contribution in [0.1, 0.15) is 49.1 Å². The fourth-order valence-electron chi connectivity index (χ4n) is 5.06. The van der Waals surface area contributed by atoms with Crippen LogP contribution in [0.2, 0.25) is 0 Å². The number of alkyl halides is 2. The first kappa shape index (κ1) is 21.9. The smallest absolute Gasteiger partial charge is 0.266 e. The zero-order chi connectivity index (χ0) is 23.3. The number of aryl methyl sites for hydroxylation is 1. The van der Waals surface area contributed by atoms with E-state index in [1.54, 1.807) is 14.0 Å². The van der Waals surface area contributed by atoms with E-state index in [9.17, 15) is 13.2 Å². The van der Waals surface area contributed by atoms with Gasteiger partial charge in [-0.2, -0.15) is 5.10 Å². The van der Waals surface area contributed by atoms with Gasteiger partial charge in [0.1, 0.15) is 5.82 Å².